The van der Waals surface area contributed by atoms with Crippen molar-refractivity contribution < 1.29 is 14.7 Å². The van der Waals surface area contributed by atoms with Crippen LogP contribution < -0.4 is 16.0 Å². The number of hydrogen-bond acceptors (Lipinski definition) is 3. The second kappa shape index (κ2) is 6.80. The highest BCUT2D eigenvalue weighted by molar-refractivity contribution is 9.10. The number of benzene rings is 1. The summed E-state index contributed by atoms with van der Waals surface area (Å²) in [6.45, 7) is 0. The summed E-state index contributed by atoms with van der Waals surface area (Å²) in [7, 11) is 1.79. The van der Waals surface area contributed by atoms with Crippen LogP contribution in [0, 0.1) is 5.92 Å². The third kappa shape index (κ3) is 4.10. The summed E-state index contributed by atoms with van der Waals surface area (Å²) in [5.74, 6) is -0.232. The maximum absolute atomic E-state index is 12.3. The minimum atomic E-state index is -1.04. The summed E-state index contributed by atoms with van der Waals surface area (Å²) < 4.78 is 0.883. The van der Waals surface area contributed by atoms with Crippen molar-refractivity contribution in [1.29, 1.82) is 0 Å². The highest BCUT2D eigenvalue weighted by Gasteiger charge is 2.31. The van der Waals surface area contributed by atoms with E-state index in [0.717, 1.165) is 10.2 Å². The number of rotatable bonds is 4. The first-order valence-corrected chi connectivity index (χ1v) is 7.56. The molecule has 0 bridgehead atoms. The van der Waals surface area contributed by atoms with Gasteiger partial charge in [0, 0.05) is 23.5 Å². The molecule has 1 aliphatic rings. The molecule has 21 heavy (non-hydrogen) atoms. The quantitative estimate of drug-likeness (QED) is 0.668. The van der Waals surface area contributed by atoms with Crippen molar-refractivity contribution in [3.05, 3.63) is 22.7 Å². The first-order valence-electron chi connectivity index (χ1n) is 6.77. The maximum Gasteiger partial charge on any atom is 0.404 e. The van der Waals surface area contributed by atoms with Gasteiger partial charge in [0.25, 0.3) is 0 Å². The molecule has 0 heterocycles. The van der Waals surface area contributed by atoms with E-state index in [1.165, 1.54) is 0 Å². The lowest BCUT2D eigenvalue weighted by Crippen LogP contribution is -2.32. The molecule has 0 aliphatic heterocycles. The highest BCUT2D eigenvalue weighted by Crippen LogP contribution is 2.30. The Morgan fingerprint density at radius 1 is 1.29 bits per heavy atom. The molecule has 0 aromatic heterocycles. The summed E-state index contributed by atoms with van der Waals surface area (Å²) in [5, 5.41) is 17.1. The van der Waals surface area contributed by atoms with Gasteiger partial charge in [0.15, 0.2) is 0 Å². The fraction of sp³-hybridized carbons (Fsp3) is 0.429. The van der Waals surface area contributed by atoms with Crippen LogP contribution in [0.25, 0.3) is 0 Å². The molecule has 1 saturated carbocycles. The van der Waals surface area contributed by atoms with Gasteiger partial charge in [0.05, 0.1) is 11.4 Å². The van der Waals surface area contributed by atoms with Crippen LogP contribution in [0.5, 0.6) is 0 Å². The van der Waals surface area contributed by atoms with E-state index in [-0.39, 0.29) is 17.9 Å². The van der Waals surface area contributed by atoms with E-state index in [0.29, 0.717) is 24.9 Å². The second-order valence-corrected chi connectivity index (χ2v) is 6.00. The topological polar surface area (TPSA) is 90.5 Å². The fourth-order valence-corrected chi connectivity index (χ4v) is 2.96. The highest BCUT2D eigenvalue weighted by atomic mass is 79.9. The Labute approximate surface area is 131 Å². The number of halogens is 1. The summed E-state index contributed by atoms with van der Waals surface area (Å²) in [6.07, 6.45) is 0.896. The van der Waals surface area contributed by atoms with Gasteiger partial charge in [-0.2, -0.15) is 0 Å². The molecule has 0 spiro atoms. The van der Waals surface area contributed by atoms with Crippen LogP contribution in [0.2, 0.25) is 0 Å². The molecule has 7 heteroatoms. The smallest absolute Gasteiger partial charge is 0.404 e. The molecular formula is C14H18BrN3O3. The van der Waals surface area contributed by atoms with E-state index in [2.05, 4.69) is 31.9 Å². The predicted molar refractivity (Wildman–Crippen MR) is 84.6 cm³/mol. The van der Waals surface area contributed by atoms with Crippen LogP contribution in [-0.2, 0) is 4.79 Å². The van der Waals surface area contributed by atoms with Crippen molar-refractivity contribution in [2.75, 3.05) is 17.7 Å². The average molecular weight is 356 g/mol. The lowest BCUT2D eigenvalue weighted by molar-refractivity contribution is -0.119. The molecule has 0 saturated heterocycles. The third-order valence-corrected chi connectivity index (χ3v) is 4.13. The Kier molecular flexibility index (Phi) is 5.06. The lowest BCUT2D eigenvalue weighted by atomic mass is 10.1. The van der Waals surface area contributed by atoms with Gasteiger partial charge in [0.2, 0.25) is 5.91 Å². The fourth-order valence-electron chi connectivity index (χ4n) is 2.60. The Morgan fingerprint density at radius 2 is 2.05 bits per heavy atom. The van der Waals surface area contributed by atoms with Gasteiger partial charge in [-0.1, -0.05) is 15.9 Å². The van der Waals surface area contributed by atoms with Crippen molar-refractivity contribution in [1.82, 2.24) is 5.32 Å². The van der Waals surface area contributed by atoms with E-state index in [9.17, 15) is 9.59 Å². The van der Waals surface area contributed by atoms with Crippen LogP contribution in [0.15, 0.2) is 22.7 Å². The molecule has 0 unspecified atom stereocenters. The molecule has 1 aromatic rings. The zero-order valence-electron chi connectivity index (χ0n) is 11.6. The van der Waals surface area contributed by atoms with Gasteiger partial charge < -0.3 is 21.1 Å². The van der Waals surface area contributed by atoms with Crippen molar-refractivity contribution in [2.45, 2.75) is 25.3 Å². The third-order valence-electron chi connectivity index (χ3n) is 3.64. The first-order chi connectivity index (χ1) is 9.99. The summed E-state index contributed by atoms with van der Waals surface area (Å²) >= 11 is 3.38. The Bertz CT molecular complexity index is 550. The van der Waals surface area contributed by atoms with Crippen LogP contribution in [0.3, 0.4) is 0 Å². The summed E-state index contributed by atoms with van der Waals surface area (Å²) in [5.41, 5.74) is 1.55. The molecule has 2 amide bonds. The SMILES string of the molecule is CNc1ccc(Br)cc1NC(=O)[C@H]1CC[C@@H](NC(=O)O)C1. The molecule has 6 nitrogen and oxygen atoms in total. The van der Waals surface area contributed by atoms with Crippen molar-refractivity contribution in [2.24, 2.45) is 5.92 Å². The molecule has 4 N–H and O–H groups in total. The number of nitrogens with one attached hydrogen (secondary N) is 3. The Hall–Kier alpha value is -1.76. The monoisotopic (exact) mass is 355 g/mol. The zero-order valence-corrected chi connectivity index (χ0v) is 13.2. The molecule has 2 rings (SSSR count). The van der Waals surface area contributed by atoms with Crippen LogP contribution >= 0.6 is 15.9 Å². The molecular weight excluding hydrogens is 338 g/mol. The van der Waals surface area contributed by atoms with E-state index in [1.54, 1.807) is 7.05 Å². The van der Waals surface area contributed by atoms with Crippen LogP contribution in [0.1, 0.15) is 19.3 Å². The second-order valence-electron chi connectivity index (χ2n) is 5.09. The van der Waals surface area contributed by atoms with Gasteiger partial charge in [-0.25, -0.2) is 4.79 Å². The zero-order chi connectivity index (χ0) is 15.4. The molecule has 114 valence electrons. The minimum absolute atomic E-state index is 0.0701. The summed E-state index contributed by atoms with van der Waals surface area (Å²) in [6, 6.07) is 5.48. The normalized spacial score (nSPS) is 20.9. The van der Waals surface area contributed by atoms with Gasteiger partial charge in [-0.05, 0) is 37.5 Å². The van der Waals surface area contributed by atoms with Gasteiger partial charge in [0.1, 0.15) is 0 Å². The number of carbonyl (C=O) groups is 2. The number of amides is 2. The number of hydrogen-bond donors (Lipinski definition) is 4. The number of carboxylic acid groups (broad SMARTS) is 1. The molecule has 0 radical (unpaired) electrons. The van der Waals surface area contributed by atoms with E-state index in [4.69, 9.17) is 5.11 Å². The van der Waals surface area contributed by atoms with Crippen molar-refractivity contribution in [3.8, 4) is 0 Å². The molecule has 1 aromatic carbocycles. The number of carbonyl (C=O) groups excluding carboxylic acids is 1. The molecule has 1 fully saturated rings. The van der Waals surface area contributed by atoms with E-state index >= 15 is 0 Å². The van der Waals surface area contributed by atoms with Gasteiger partial charge >= 0.3 is 6.09 Å². The van der Waals surface area contributed by atoms with Crippen molar-refractivity contribution in [3.63, 3.8) is 0 Å². The minimum Gasteiger partial charge on any atom is -0.465 e. The van der Waals surface area contributed by atoms with Gasteiger partial charge in [-0.3, -0.25) is 4.79 Å². The van der Waals surface area contributed by atoms with Crippen LogP contribution in [0.4, 0.5) is 16.2 Å². The lowest BCUT2D eigenvalue weighted by Gasteiger charge is -2.15. The Balaban J connectivity index is 1.99. The predicted octanol–water partition coefficient (Wildman–Crippen LogP) is 2.87. The summed E-state index contributed by atoms with van der Waals surface area (Å²) in [4.78, 5) is 22.9. The number of anilines is 2. The standard InChI is InChI=1S/C14H18BrN3O3/c1-16-11-5-3-9(15)7-12(11)18-13(19)8-2-4-10(6-8)17-14(20)21/h3,5,7-8,10,16-17H,2,4,6H2,1H3,(H,18,19)(H,20,21)/t8-,10+/m0/s1. The van der Waals surface area contributed by atoms with Crippen molar-refractivity contribution >= 4 is 39.3 Å². The largest absolute Gasteiger partial charge is 0.465 e. The Morgan fingerprint density at radius 3 is 2.71 bits per heavy atom. The van der Waals surface area contributed by atoms with Gasteiger partial charge in [-0.15, -0.1) is 0 Å². The maximum atomic E-state index is 12.3. The van der Waals surface area contributed by atoms with E-state index < -0.39 is 6.09 Å². The average Bonchev–Trinajstić information content (AvgIpc) is 2.86. The first kappa shape index (κ1) is 15.6. The van der Waals surface area contributed by atoms with Crippen LogP contribution in [-0.4, -0.2) is 30.2 Å². The molecule has 1 aliphatic carbocycles. The van der Waals surface area contributed by atoms with E-state index in [1.807, 2.05) is 18.2 Å². The molecule has 2 atom stereocenters.